The number of nitrogens with one attached hydrogen (secondary N) is 1. The number of hydrogen-bond donors (Lipinski definition) is 2. The van der Waals surface area contributed by atoms with Crippen LogP contribution in [0.1, 0.15) is 55.6 Å². The fraction of sp³-hybridized carbons (Fsp3) is 0.393. The van der Waals surface area contributed by atoms with Crippen LogP contribution in [-0.4, -0.2) is 53.2 Å². The zero-order valence-electron chi connectivity index (χ0n) is 19.8. The van der Waals surface area contributed by atoms with Gasteiger partial charge in [-0.25, -0.2) is 4.79 Å². The van der Waals surface area contributed by atoms with E-state index in [0.717, 1.165) is 35.1 Å². The molecule has 7 nitrogen and oxygen atoms in total. The summed E-state index contributed by atoms with van der Waals surface area (Å²) in [5.74, 6) is -1.26. The van der Waals surface area contributed by atoms with Crippen molar-refractivity contribution in [3.05, 3.63) is 72.3 Å². The van der Waals surface area contributed by atoms with Crippen LogP contribution < -0.4 is 5.32 Å². The lowest BCUT2D eigenvalue weighted by Gasteiger charge is -2.37. The summed E-state index contributed by atoms with van der Waals surface area (Å²) in [7, 11) is 0. The SMILES string of the molecule is C=CCCC(NC(=O)OCC1c2ccccc2-c2ccccc21)C(=O)N1CCCC[C@@H]1CC(=O)O. The predicted octanol–water partition coefficient (Wildman–Crippen LogP) is 4.72. The van der Waals surface area contributed by atoms with Gasteiger partial charge in [0.1, 0.15) is 12.6 Å². The molecule has 2 amide bonds. The lowest BCUT2D eigenvalue weighted by atomic mass is 9.97. The number of carboxylic acid groups (broad SMARTS) is 1. The van der Waals surface area contributed by atoms with Crippen molar-refractivity contribution in [3.8, 4) is 11.1 Å². The topological polar surface area (TPSA) is 95.9 Å². The van der Waals surface area contributed by atoms with Gasteiger partial charge in [0.05, 0.1) is 6.42 Å². The summed E-state index contributed by atoms with van der Waals surface area (Å²) >= 11 is 0. The molecular formula is C28H32N2O5. The summed E-state index contributed by atoms with van der Waals surface area (Å²) in [6.07, 6.45) is 4.23. The van der Waals surface area contributed by atoms with Gasteiger partial charge in [0.2, 0.25) is 5.91 Å². The second kappa shape index (κ2) is 11.2. The molecule has 1 fully saturated rings. The first-order valence-electron chi connectivity index (χ1n) is 12.2. The van der Waals surface area contributed by atoms with Gasteiger partial charge >= 0.3 is 12.1 Å². The minimum atomic E-state index is -0.929. The number of allylic oxidation sites excluding steroid dienone is 1. The standard InChI is InChI=1S/C28H32N2O5/c1-2-3-15-25(27(33)30-16-9-8-10-19(30)17-26(31)32)29-28(34)35-18-24-22-13-6-4-11-20(22)21-12-5-7-14-23(21)24/h2,4-7,11-14,19,24-25H,1,3,8-10,15-18H2,(H,29,34)(H,31,32)/t19-,25?/m1/s1. The molecule has 2 atom stereocenters. The largest absolute Gasteiger partial charge is 0.481 e. The molecule has 0 radical (unpaired) electrons. The Labute approximate surface area is 205 Å². The number of fused-ring (bicyclic) bond motifs is 3. The fourth-order valence-corrected chi connectivity index (χ4v) is 5.23. The van der Waals surface area contributed by atoms with Crippen LogP contribution in [0.3, 0.4) is 0 Å². The first-order valence-corrected chi connectivity index (χ1v) is 12.2. The monoisotopic (exact) mass is 476 g/mol. The third-order valence-electron chi connectivity index (χ3n) is 6.91. The van der Waals surface area contributed by atoms with E-state index in [1.54, 1.807) is 11.0 Å². The van der Waals surface area contributed by atoms with Crippen molar-refractivity contribution in [2.45, 2.75) is 56.5 Å². The average Bonchev–Trinajstić information content (AvgIpc) is 3.18. The van der Waals surface area contributed by atoms with Crippen LogP contribution in [0.5, 0.6) is 0 Å². The minimum Gasteiger partial charge on any atom is -0.481 e. The van der Waals surface area contributed by atoms with Crippen LogP contribution >= 0.6 is 0 Å². The van der Waals surface area contributed by atoms with Crippen molar-refractivity contribution < 1.29 is 24.2 Å². The van der Waals surface area contributed by atoms with Gasteiger partial charge in [-0.15, -0.1) is 6.58 Å². The van der Waals surface area contributed by atoms with E-state index in [0.29, 0.717) is 25.8 Å². The normalized spacial score (nSPS) is 17.7. The number of likely N-dealkylation sites (tertiary alicyclic amines) is 1. The Morgan fingerprint density at radius 2 is 1.74 bits per heavy atom. The Morgan fingerprint density at radius 3 is 2.37 bits per heavy atom. The number of alkyl carbamates (subject to hydrolysis) is 1. The van der Waals surface area contributed by atoms with Gasteiger partial charge in [-0.2, -0.15) is 0 Å². The molecule has 7 heteroatoms. The van der Waals surface area contributed by atoms with E-state index < -0.39 is 18.1 Å². The summed E-state index contributed by atoms with van der Waals surface area (Å²) in [6.45, 7) is 4.38. The Bertz CT molecular complexity index is 1050. The van der Waals surface area contributed by atoms with Crippen molar-refractivity contribution in [2.24, 2.45) is 0 Å². The Balaban J connectivity index is 1.43. The van der Waals surface area contributed by atoms with Gasteiger partial charge in [-0.1, -0.05) is 54.6 Å². The van der Waals surface area contributed by atoms with E-state index in [1.165, 1.54) is 0 Å². The smallest absolute Gasteiger partial charge is 0.407 e. The molecule has 1 aliphatic carbocycles. The van der Waals surface area contributed by atoms with Crippen LogP contribution in [0.25, 0.3) is 11.1 Å². The molecule has 2 aliphatic rings. The molecule has 1 aliphatic heterocycles. The van der Waals surface area contributed by atoms with Gasteiger partial charge < -0.3 is 20.1 Å². The minimum absolute atomic E-state index is 0.0717. The lowest BCUT2D eigenvalue weighted by Crippen LogP contribution is -2.54. The summed E-state index contributed by atoms with van der Waals surface area (Å²) in [5, 5.41) is 12.0. The number of benzene rings is 2. The number of carbonyl (C=O) groups excluding carboxylic acids is 2. The molecule has 0 bridgehead atoms. The number of carbonyl (C=O) groups is 3. The van der Waals surface area contributed by atoms with Crippen molar-refractivity contribution in [1.29, 1.82) is 0 Å². The zero-order valence-corrected chi connectivity index (χ0v) is 19.8. The molecule has 0 spiro atoms. The number of ether oxygens (including phenoxy) is 1. The number of nitrogens with zero attached hydrogens (tertiary/aromatic N) is 1. The maximum absolute atomic E-state index is 13.3. The van der Waals surface area contributed by atoms with Gasteiger partial charge in [-0.05, 0) is 54.4 Å². The first kappa shape index (κ1) is 24.5. The molecule has 35 heavy (non-hydrogen) atoms. The van der Waals surface area contributed by atoms with E-state index in [9.17, 15) is 19.5 Å². The van der Waals surface area contributed by atoms with E-state index in [4.69, 9.17) is 4.74 Å². The number of carboxylic acids is 1. The highest BCUT2D eigenvalue weighted by molar-refractivity contribution is 5.86. The molecule has 1 saturated heterocycles. The molecular weight excluding hydrogens is 444 g/mol. The third kappa shape index (κ3) is 5.56. The van der Waals surface area contributed by atoms with E-state index in [1.807, 2.05) is 24.3 Å². The summed E-state index contributed by atoms with van der Waals surface area (Å²) in [4.78, 5) is 39.1. The second-order valence-corrected chi connectivity index (χ2v) is 9.17. The first-order chi connectivity index (χ1) is 17.0. The highest BCUT2D eigenvalue weighted by Gasteiger charge is 2.34. The predicted molar refractivity (Wildman–Crippen MR) is 133 cm³/mol. The maximum atomic E-state index is 13.3. The van der Waals surface area contributed by atoms with E-state index in [2.05, 4.69) is 36.2 Å². The van der Waals surface area contributed by atoms with Crippen LogP contribution in [0.15, 0.2) is 61.2 Å². The molecule has 2 aromatic rings. The van der Waals surface area contributed by atoms with Crippen molar-refractivity contribution in [3.63, 3.8) is 0 Å². The molecule has 184 valence electrons. The summed E-state index contributed by atoms with van der Waals surface area (Å²) < 4.78 is 5.64. The molecule has 2 N–H and O–H groups in total. The quantitative estimate of drug-likeness (QED) is 0.511. The number of piperidine rings is 1. The Hall–Kier alpha value is -3.61. The number of rotatable bonds is 9. The molecule has 1 unspecified atom stereocenters. The Kier molecular flexibility index (Phi) is 7.85. The lowest BCUT2D eigenvalue weighted by molar-refractivity contribution is -0.143. The van der Waals surface area contributed by atoms with Crippen LogP contribution in [0.2, 0.25) is 0 Å². The van der Waals surface area contributed by atoms with Crippen molar-refractivity contribution in [1.82, 2.24) is 10.2 Å². The Morgan fingerprint density at radius 1 is 1.09 bits per heavy atom. The van der Waals surface area contributed by atoms with Gasteiger partial charge in [0.25, 0.3) is 0 Å². The second-order valence-electron chi connectivity index (χ2n) is 9.17. The van der Waals surface area contributed by atoms with Crippen LogP contribution in [0, 0.1) is 0 Å². The third-order valence-corrected chi connectivity index (χ3v) is 6.91. The van der Waals surface area contributed by atoms with Crippen molar-refractivity contribution >= 4 is 18.0 Å². The fourth-order valence-electron chi connectivity index (χ4n) is 5.23. The molecule has 2 aromatic carbocycles. The van der Waals surface area contributed by atoms with Gasteiger partial charge in [0.15, 0.2) is 0 Å². The highest BCUT2D eigenvalue weighted by Crippen LogP contribution is 2.44. The van der Waals surface area contributed by atoms with Gasteiger partial charge in [0, 0.05) is 18.5 Å². The molecule has 1 heterocycles. The van der Waals surface area contributed by atoms with Gasteiger partial charge in [-0.3, -0.25) is 9.59 Å². The molecule has 4 rings (SSSR count). The maximum Gasteiger partial charge on any atom is 0.407 e. The van der Waals surface area contributed by atoms with Crippen LogP contribution in [-0.2, 0) is 14.3 Å². The van der Waals surface area contributed by atoms with E-state index >= 15 is 0 Å². The van der Waals surface area contributed by atoms with Crippen LogP contribution in [0.4, 0.5) is 4.79 Å². The number of amides is 2. The van der Waals surface area contributed by atoms with E-state index in [-0.39, 0.29) is 30.9 Å². The highest BCUT2D eigenvalue weighted by atomic mass is 16.5. The summed E-state index contributed by atoms with van der Waals surface area (Å²) in [5.41, 5.74) is 4.52. The van der Waals surface area contributed by atoms with Crippen molar-refractivity contribution in [2.75, 3.05) is 13.2 Å². The number of aliphatic carboxylic acids is 1. The average molecular weight is 477 g/mol. The number of hydrogen-bond acceptors (Lipinski definition) is 4. The molecule has 0 aromatic heterocycles. The molecule has 0 saturated carbocycles. The summed E-state index contributed by atoms with van der Waals surface area (Å²) in [6, 6.07) is 15.1. The zero-order chi connectivity index (χ0) is 24.8.